The van der Waals surface area contributed by atoms with E-state index in [4.69, 9.17) is 11.6 Å². The van der Waals surface area contributed by atoms with Crippen molar-refractivity contribution in [3.63, 3.8) is 0 Å². The first-order chi connectivity index (χ1) is 13.4. The lowest BCUT2D eigenvalue weighted by atomic mass is 10.0. The van der Waals surface area contributed by atoms with Gasteiger partial charge in [0.25, 0.3) is 0 Å². The van der Waals surface area contributed by atoms with Gasteiger partial charge < -0.3 is 10.4 Å². The van der Waals surface area contributed by atoms with E-state index in [1.807, 2.05) is 26.1 Å². The largest absolute Gasteiger partial charge is 0.481 e. The number of aromatic nitrogens is 1. The van der Waals surface area contributed by atoms with Crippen molar-refractivity contribution in [3.05, 3.63) is 57.9 Å². The van der Waals surface area contributed by atoms with Crippen molar-refractivity contribution in [2.24, 2.45) is 5.92 Å². The number of aryl methyl sites for hydroxylation is 2. The van der Waals surface area contributed by atoms with Crippen LogP contribution in [0, 0.1) is 19.8 Å². The molecule has 1 aromatic heterocycles. The summed E-state index contributed by atoms with van der Waals surface area (Å²) in [7, 11) is 0. The topological polar surface area (TPSA) is 65.5 Å². The molecule has 0 spiro atoms. The molecule has 0 unspecified atom stereocenters. The SMILES string of the molecule is CC[C@@H](Nc1cnc(C)c(CN2CC[C@@H](C(=O)O)C2)c1)c1ccc(Cl)c(C)c1. The zero-order valence-electron chi connectivity index (χ0n) is 16.7. The Kier molecular flexibility index (Phi) is 6.57. The van der Waals surface area contributed by atoms with E-state index < -0.39 is 5.97 Å². The number of hydrogen-bond acceptors (Lipinski definition) is 4. The Labute approximate surface area is 171 Å². The summed E-state index contributed by atoms with van der Waals surface area (Å²) in [6, 6.07) is 8.46. The zero-order valence-corrected chi connectivity index (χ0v) is 17.5. The molecule has 2 aromatic rings. The third kappa shape index (κ3) is 4.83. The summed E-state index contributed by atoms with van der Waals surface area (Å²) < 4.78 is 0. The number of nitrogens with zero attached hydrogens (tertiary/aromatic N) is 2. The summed E-state index contributed by atoms with van der Waals surface area (Å²) in [5, 5.41) is 13.6. The number of carbonyl (C=O) groups is 1. The number of likely N-dealkylation sites (tertiary alicyclic amines) is 1. The van der Waals surface area contributed by atoms with Crippen LogP contribution >= 0.6 is 11.6 Å². The van der Waals surface area contributed by atoms with Crippen molar-refractivity contribution < 1.29 is 9.90 Å². The van der Waals surface area contributed by atoms with Crippen LogP contribution in [0.15, 0.2) is 30.5 Å². The summed E-state index contributed by atoms with van der Waals surface area (Å²) in [6.07, 6.45) is 3.53. The molecular formula is C22H28ClN3O2. The number of aliphatic carboxylic acids is 1. The number of anilines is 1. The Bertz CT molecular complexity index is 856. The average Bonchev–Trinajstić information content (AvgIpc) is 3.13. The van der Waals surface area contributed by atoms with Crippen LogP contribution in [0.2, 0.25) is 5.02 Å². The number of rotatable bonds is 7. The average molecular weight is 402 g/mol. The molecule has 5 nitrogen and oxygen atoms in total. The second-order valence-electron chi connectivity index (χ2n) is 7.64. The summed E-state index contributed by atoms with van der Waals surface area (Å²) in [5.74, 6) is -0.955. The molecule has 28 heavy (non-hydrogen) atoms. The number of hydrogen-bond donors (Lipinski definition) is 2. The van der Waals surface area contributed by atoms with Gasteiger partial charge in [-0.3, -0.25) is 14.7 Å². The molecule has 2 heterocycles. The van der Waals surface area contributed by atoms with E-state index in [1.165, 1.54) is 5.56 Å². The van der Waals surface area contributed by atoms with E-state index in [9.17, 15) is 9.90 Å². The Morgan fingerprint density at radius 1 is 1.39 bits per heavy atom. The van der Waals surface area contributed by atoms with Gasteiger partial charge in [0.1, 0.15) is 0 Å². The Morgan fingerprint density at radius 3 is 2.82 bits per heavy atom. The van der Waals surface area contributed by atoms with Crippen molar-refractivity contribution in [1.82, 2.24) is 9.88 Å². The van der Waals surface area contributed by atoms with Gasteiger partial charge in [0, 0.05) is 23.8 Å². The summed E-state index contributed by atoms with van der Waals surface area (Å²) in [4.78, 5) is 18.0. The fourth-order valence-electron chi connectivity index (χ4n) is 3.74. The van der Waals surface area contributed by atoms with E-state index in [-0.39, 0.29) is 12.0 Å². The summed E-state index contributed by atoms with van der Waals surface area (Å²) >= 11 is 6.17. The first-order valence-corrected chi connectivity index (χ1v) is 10.2. The maximum Gasteiger partial charge on any atom is 0.307 e. The highest BCUT2D eigenvalue weighted by atomic mass is 35.5. The zero-order chi connectivity index (χ0) is 20.3. The van der Waals surface area contributed by atoms with E-state index in [1.54, 1.807) is 0 Å². The normalized spacial score (nSPS) is 18.2. The van der Waals surface area contributed by atoms with Crippen molar-refractivity contribution in [1.29, 1.82) is 0 Å². The first kappa shape index (κ1) is 20.6. The molecule has 1 aliphatic heterocycles. The van der Waals surface area contributed by atoms with Gasteiger partial charge >= 0.3 is 5.97 Å². The molecular weight excluding hydrogens is 374 g/mol. The lowest BCUT2D eigenvalue weighted by Crippen LogP contribution is -2.23. The highest BCUT2D eigenvalue weighted by Crippen LogP contribution is 2.27. The number of nitrogens with one attached hydrogen (secondary N) is 1. The predicted octanol–water partition coefficient (Wildman–Crippen LogP) is 4.82. The number of carboxylic acid groups (broad SMARTS) is 1. The number of halogens is 1. The molecule has 0 bridgehead atoms. The van der Waals surface area contributed by atoms with Crippen LogP contribution in [-0.2, 0) is 11.3 Å². The van der Waals surface area contributed by atoms with Gasteiger partial charge in [-0.25, -0.2) is 0 Å². The van der Waals surface area contributed by atoms with Gasteiger partial charge in [-0.15, -0.1) is 0 Å². The molecule has 1 aliphatic rings. The van der Waals surface area contributed by atoms with Crippen LogP contribution in [0.25, 0.3) is 0 Å². The van der Waals surface area contributed by atoms with Gasteiger partial charge in [-0.1, -0.05) is 30.7 Å². The van der Waals surface area contributed by atoms with Gasteiger partial charge in [0.15, 0.2) is 0 Å². The lowest BCUT2D eigenvalue weighted by molar-refractivity contribution is -0.141. The van der Waals surface area contributed by atoms with Gasteiger partial charge in [-0.05, 0) is 62.1 Å². The van der Waals surface area contributed by atoms with E-state index in [2.05, 4.69) is 40.3 Å². The first-order valence-electron chi connectivity index (χ1n) is 9.80. The third-order valence-corrected chi connectivity index (χ3v) is 5.96. The summed E-state index contributed by atoms with van der Waals surface area (Å²) in [5.41, 5.74) is 5.38. The summed E-state index contributed by atoms with van der Waals surface area (Å²) in [6.45, 7) is 8.33. The molecule has 0 aliphatic carbocycles. The van der Waals surface area contributed by atoms with E-state index in [0.29, 0.717) is 13.0 Å². The maximum atomic E-state index is 11.2. The standard InChI is InChI=1S/C22H28ClN3O2/c1-4-21(16-5-6-20(23)14(2)9-16)25-19-10-18(15(3)24-11-19)13-26-8-7-17(12-26)22(27)28/h5-6,9-11,17,21,25H,4,7-8,12-13H2,1-3H3,(H,27,28)/t17-,21-/m1/s1. The molecule has 6 heteroatoms. The molecule has 0 amide bonds. The highest BCUT2D eigenvalue weighted by Gasteiger charge is 2.28. The second kappa shape index (κ2) is 8.93. The minimum atomic E-state index is -0.697. The minimum absolute atomic E-state index is 0.177. The van der Waals surface area contributed by atoms with Gasteiger partial charge in [-0.2, -0.15) is 0 Å². The monoisotopic (exact) mass is 401 g/mol. The molecule has 0 saturated carbocycles. The molecule has 2 atom stereocenters. The molecule has 0 radical (unpaired) electrons. The molecule has 1 fully saturated rings. The maximum absolute atomic E-state index is 11.2. The Hall–Kier alpha value is -2.11. The number of carboxylic acids is 1. The number of pyridine rings is 1. The lowest BCUT2D eigenvalue weighted by Gasteiger charge is -2.21. The number of benzene rings is 1. The molecule has 150 valence electrons. The van der Waals surface area contributed by atoms with Crippen LogP contribution in [0.3, 0.4) is 0 Å². The molecule has 3 rings (SSSR count). The second-order valence-corrected chi connectivity index (χ2v) is 8.05. The van der Waals surface area contributed by atoms with Crippen molar-refractivity contribution in [2.45, 2.75) is 46.2 Å². The fraction of sp³-hybridized carbons (Fsp3) is 0.455. The van der Waals surface area contributed by atoms with E-state index in [0.717, 1.165) is 47.0 Å². The Balaban J connectivity index is 1.73. The van der Waals surface area contributed by atoms with Crippen molar-refractivity contribution in [2.75, 3.05) is 18.4 Å². The van der Waals surface area contributed by atoms with Gasteiger partial charge in [0.2, 0.25) is 0 Å². The van der Waals surface area contributed by atoms with Crippen LogP contribution < -0.4 is 5.32 Å². The van der Waals surface area contributed by atoms with Gasteiger partial charge in [0.05, 0.1) is 23.8 Å². The van der Waals surface area contributed by atoms with Crippen LogP contribution in [-0.4, -0.2) is 34.0 Å². The van der Waals surface area contributed by atoms with E-state index >= 15 is 0 Å². The highest BCUT2D eigenvalue weighted by molar-refractivity contribution is 6.31. The molecule has 1 saturated heterocycles. The fourth-order valence-corrected chi connectivity index (χ4v) is 3.86. The minimum Gasteiger partial charge on any atom is -0.481 e. The Morgan fingerprint density at radius 2 is 2.18 bits per heavy atom. The van der Waals surface area contributed by atoms with Crippen LogP contribution in [0.5, 0.6) is 0 Å². The van der Waals surface area contributed by atoms with Crippen molar-refractivity contribution >= 4 is 23.3 Å². The molecule has 2 N–H and O–H groups in total. The van der Waals surface area contributed by atoms with Crippen molar-refractivity contribution in [3.8, 4) is 0 Å². The van der Waals surface area contributed by atoms with Crippen LogP contribution in [0.1, 0.15) is 48.2 Å². The quantitative estimate of drug-likeness (QED) is 0.696. The molecule has 1 aromatic carbocycles. The third-order valence-electron chi connectivity index (χ3n) is 5.54. The van der Waals surface area contributed by atoms with Crippen LogP contribution in [0.4, 0.5) is 5.69 Å². The predicted molar refractivity (Wildman–Crippen MR) is 113 cm³/mol. The smallest absolute Gasteiger partial charge is 0.307 e.